The summed E-state index contributed by atoms with van der Waals surface area (Å²) in [4.78, 5) is 12.2. The Morgan fingerprint density at radius 3 is 2.60 bits per heavy atom. The first-order valence-corrected chi connectivity index (χ1v) is 7.45. The van der Waals surface area contributed by atoms with Crippen molar-refractivity contribution in [1.82, 2.24) is 5.32 Å². The van der Waals surface area contributed by atoms with Gasteiger partial charge in [-0.25, -0.2) is 0 Å². The van der Waals surface area contributed by atoms with Crippen LogP contribution >= 0.6 is 11.6 Å². The molecule has 20 heavy (non-hydrogen) atoms. The quantitative estimate of drug-likeness (QED) is 0.831. The SMILES string of the molecule is CCC(C)(CCl)NC(=O)Cc1cccc2ccccc12. The molecule has 0 spiro atoms. The van der Waals surface area contributed by atoms with Crippen LogP contribution in [0, 0.1) is 0 Å². The van der Waals surface area contributed by atoms with Gasteiger partial charge in [0.1, 0.15) is 0 Å². The van der Waals surface area contributed by atoms with E-state index in [1.165, 1.54) is 0 Å². The van der Waals surface area contributed by atoms with Gasteiger partial charge in [-0.15, -0.1) is 11.6 Å². The zero-order chi connectivity index (χ0) is 14.6. The lowest BCUT2D eigenvalue weighted by molar-refractivity contribution is -0.122. The number of hydrogen-bond donors (Lipinski definition) is 1. The van der Waals surface area contributed by atoms with Crippen LogP contribution in [0.25, 0.3) is 10.8 Å². The van der Waals surface area contributed by atoms with Crippen molar-refractivity contribution >= 4 is 28.3 Å². The van der Waals surface area contributed by atoms with E-state index >= 15 is 0 Å². The third-order valence-electron chi connectivity index (χ3n) is 3.75. The van der Waals surface area contributed by atoms with Gasteiger partial charge < -0.3 is 5.32 Å². The van der Waals surface area contributed by atoms with Crippen molar-refractivity contribution in [3.05, 3.63) is 48.0 Å². The number of nitrogens with one attached hydrogen (secondary N) is 1. The molecule has 2 aromatic carbocycles. The smallest absolute Gasteiger partial charge is 0.224 e. The Bertz CT molecular complexity index is 599. The summed E-state index contributed by atoms with van der Waals surface area (Å²) < 4.78 is 0. The van der Waals surface area contributed by atoms with E-state index in [0.29, 0.717) is 12.3 Å². The minimum atomic E-state index is -0.330. The molecule has 0 saturated heterocycles. The van der Waals surface area contributed by atoms with Crippen molar-refractivity contribution < 1.29 is 4.79 Å². The molecule has 0 aliphatic heterocycles. The minimum absolute atomic E-state index is 0.0198. The second-order valence-electron chi connectivity index (χ2n) is 5.41. The van der Waals surface area contributed by atoms with Crippen molar-refractivity contribution in [3.63, 3.8) is 0 Å². The van der Waals surface area contributed by atoms with Crippen LogP contribution in [0.3, 0.4) is 0 Å². The van der Waals surface area contributed by atoms with Crippen LogP contribution in [0.4, 0.5) is 0 Å². The highest BCUT2D eigenvalue weighted by Crippen LogP contribution is 2.19. The van der Waals surface area contributed by atoms with Crippen LogP contribution in [0.15, 0.2) is 42.5 Å². The molecule has 1 amide bonds. The molecular weight excluding hydrogens is 270 g/mol. The van der Waals surface area contributed by atoms with Crippen molar-refractivity contribution in [2.75, 3.05) is 5.88 Å². The predicted molar refractivity (Wildman–Crippen MR) is 85.2 cm³/mol. The lowest BCUT2D eigenvalue weighted by atomic mass is 9.99. The average Bonchev–Trinajstić information content (AvgIpc) is 2.47. The zero-order valence-corrected chi connectivity index (χ0v) is 12.7. The molecule has 0 aliphatic rings. The van der Waals surface area contributed by atoms with E-state index in [1.807, 2.05) is 38.1 Å². The van der Waals surface area contributed by atoms with Crippen LogP contribution in [-0.2, 0) is 11.2 Å². The first-order valence-electron chi connectivity index (χ1n) is 6.91. The number of fused-ring (bicyclic) bond motifs is 1. The van der Waals surface area contributed by atoms with E-state index in [0.717, 1.165) is 22.8 Å². The topological polar surface area (TPSA) is 29.1 Å². The van der Waals surface area contributed by atoms with E-state index in [9.17, 15) is 4.79 Å². The summed E-state index contributed by atoms with van der Waals surface area (Å²) in [5, 5.41) is 5.33. The molecule has 1 unspecified atom stereocenters. The molecule has 2 nitrogen and oxygen atoms in total. The summed E-state index contributed by atoms with van der Waals surface area (Å²) in [5.41, 5.74) is 0.720. The van der Waals surface area contributed by atoms with Crippen molar-refractivity contribution in [2.45, 2.75) is 32.2 Å². The largest absolute Gasteiger partial charge is 0.349 e. The van der Waals surface area contributed by atoms with Crippen LogP contribution in [0.5, 0.6) is 0 Å². The van der Waals surface area contributed by atoms with Gasteiger partial charge in [-0.1, -0.05) is 49.4 Å². The molecule has 2 aromatic rings. The van der Waals surface area contributed by atoms with Gasteiger partial charge in [-0.3, -0.25) is 4.79 Å². The Morgan fingerprint density at radius 1 is 1.20 bits per heavy atom. The maximum absolute atomic E-state index is 12.2. The monoisotopic (exact) mass is 289 g/mol. The molecule has 1 atom stereocenters. The van der Waals surface area contributed by atoms with Gasteiger partial charge in [0.25, 0.3) is 0 Å². The van der Waals surface area contributed by atoms with E-state index in [2.05, 4.69) is 23.5 Å². The second kappa shape index (κ2) is 6.27. The molecule has 0 saturated carbocycles. The first kappa shape index (κ1) is 14.9. The van der Waals surface area contributed by atoms with E-state index in [4.69, 9.17) is 11.6 Å². The van der Waals surface area contributed by atoms with Gasteiger partial charge in [-0.05, 0) is 29.7 Å². The number of carbonyl (C=O) groups excluding carboxylic acids is 1. The Morgan fingerprint density at radius 2 is 1.90 bits per heavy atom. The van der Waals surface area contributed by atoms with Crippen LogP contribution < -0.4 is 5.32 Å². The predicted octanol–water partition coefficient (Wildman–Crippen LogP) is 3.91. The van der Waals surface area contributed by atoms with E-state index < -0.39 is 0 Å². The fourth-order valence-corrected chi connectivity index (χ4v) is 2.47. The first-order chi connectivity index (χ1) is 9.58. The lowest BCUT2D eigenvalue weighted by Crippen LogP contribution is -2.47. The number of hydrogen-bond acceptors (Lipinski definition) is 1. The zero-order valence-electron chi connectivity index (χ0n) is 11.9. The molecule has 0 fully saturated rings. The third kappa shape index (κ3) is 3.31. The van der Waals surface area contributed by atoms with Gasteiger partial charge in [0.2, 0.25) is 5.91 Å². The number of halogens is 1. The maximum Gasteiger partial charge on any atom is 0.224 e. The normalized spacial score (nSPS) is 13.9. The average molecular weight is 290 g/mol. The molecule has 2 rings (SSSR count). The lowest BCUT2D eigenvalue weighted by Gasteiger charge is -2.27. The van der Waals surface area contributed by atoms with Crippen molar-refractivity contribution in [1.29, 1.82) is 0 Å². The highest BCUT2D eigenvalue weighted by molar-refractivity contribution is 6.18. The Balaban J connectivity index is 2.18. The summed E-state index contributed by atoms with van der Waals surface area (Å²) in [6.45, 7) is 4.00. The van der Waals surface area contributed by atoms with E-state index in [-0.39, 0.29) is 11.4 Å². The number of alkyl halides is 1. The molecule has 1 N–H and O–H groups in total. The van der Waals surface area contributed by atoms with Crippen LogP contribution in [0.2, 0.25) is 0 Å². The minimum Gasteiger partial charge on any atom is -0.349 e. The number of rotatable bonds is 5. The Labute approximate surface area is 125 Å². The summed E-state index contributed by atoms with van der Waals surface area (Å²) in [6.07, 6.45) is 1.20. The van der Waals surface area contributed by atoms with Gasteiger partial charge >= 0.3 is 0 Å². The molecule has 0 bridgehead atoms. The van der Waals surface area contributed by atoms with Gasteiger partial charge in [0, 0.05) is 5.88 Å². The fourth-order valence-electron chi connectivity index (χ4n) is 2.22. The maximum atomic E-state index is 12.2. The second-order valence-corrected chi connectivity index (χ2v) is 5.68. The van der Waals surface area contributed by atoms with Crippen LogP contribution in [0.1, 0.15) is 25.8 Å². The molecule has 106 valence electrons. The molecule has 0 aliphatic carbocycles. The summed E-state index contributed by atoms with van der Waals surface area (Å²) in [7, 11) is 0. The van der Waals surface area contributed by atoms with Crippen LogP contribution in [-0.4, -0.2) is 17.3 Å². The summed E-state index contributed by atoms with van der Waals surface area (Å²) in [6, 6.07) is 14.2. The van der Waals surface area contributed by atoms with Gasteiger partial charge in [0.05, 0.1) is 12.0 Å². The third-order valence-corrected chi connectivity index (χ3v) is 4.34. The van der Waals surface area contributed by atoms with Crippen molar-refractivity contribution in [2.24, 2.45) is 0 Å². The van der Waals surface area contributed by atoms with Gasteiger partial charge in [-0.2, -0.15) is 0 Å². The molecule has 0 heterocycles. The Hall–Kier alpha value is -1.54. The highest BCUT2D eigenvalue weighted by Gasteiger charge is 2.23. The molecule has 3 heteroatoms. The van der Waals surface area contributed by atoms with Crippen molar-refractivity contribution in [3.8, 4) is 0 Å². The number of amides is 1. The molecule has 0 radical (unpaired) electrons. The molecular formula is C17H20ClNO. The summed E-state index contributed by atoms with van der Waals surface area (Å²) in [5.74, 6) is 0.441. The Kier molecular flexibility index (Phi) is 4.66. The molecule has 0 aromatic heterocycles. The number of carbonyl (C=O) groups is 1. The summed E-state index contributed by atoms with van der Waals surface area (Å²) >= 11 is 5.94. The number of benzene rings is 2. The standard InChI is InChI=1S/C17H20ClNO/c1-3-17(2,12-18)19-16(20)11-14-9-6-8-13-7-4-5-10-15(13)14/h4-10H,3,11-12H2,1-2H3,(H,19,20). The van der Waals surface area contributed by atoms with Gasteiger partial charge in [0.15, 0.2) is 0 Å². The fraction of sp³-hybridized carbons (Fsp3) is 0.353. The highest BCUT2D eigenvalue weighted by atomic mass is 35.5. The van der Waals surface area contributed by atoms with E-state index in [1.54, 1.807) is 0 Å².